The van der Waals surface area contributed by atoms with Crippen molar-refractivity contribution in [1.29, 1.82) is 0 Å². The third-order valence-corrected chi connectivity index (χ3v) is 3.20. The second-order valence-electron chi connectivity index (χ2n) is 4.28. The van der Waals surface area contributed by atoms with E-state index in [2.05, 4.69) is 11.1 Å². The molecule has 0 atom stereocenters. The van der Waals surface area contributed by atoms with Gasteiger partial charge in [0.1, 0.15) is 5.69 Å². The van der Waals surface area contributed by atoms with Crippen molar-refractivity contribution < 1.29 is 4.79 Å². The summed E-state index contributed by atoms with van der Waals surface area (Å²) in [6.07, 6.45) is 7.15. The van der Waals surface area contributed by atoms with Gasteiger partial charge in [0.25, 0.3) is 0 Å². The van der Waals surface area contributed by atoms with Crippen LogP contribution in [0.1, 0.15) is 53.2 Å². The molecule has 2 aliphatic carbocycles. The zero-order valence-electron chi connectivity index (χ0n) is 8.12. The van der Waals surface area contributed by atoms with Crippen molar-refractivity contribution in [2.75, 3.05) is 0 Å². The summed E-state index contributed by atoms with van der Waals surface area (Å²) in [7, 11) is 0. The predicted octanol–water partition coefficient (Wildman–Crippen LogP) is 2.48. The zero-order chi connectivity index (χ0) is 9.54. The number of rotatable bonds is 1. The molecule has 0 bridgehead atoms. The molecule has 0 spiro atoms. The molecule has 3 rings (SSSR count). The summed E-state index contributed by atoms with van der Waals surface area (Å²) < 4.78 is 0. The number of hydrogen-bond donors (Lipinski definition) is 0. The lowest BCUT2D eigenvalue weighted by molar-refractivity contribution is 0.0967. The van der Waals surface area contributed by atoms with Gasteiger partial charge in [0, 0.05) is 12.6 Å². The van der Waals surface area contributed by atoms with Crippen LogP contribution in [0.3, 0.4) is 0 Å². The molecule has 1 saturated carbocycles. The molecule has 2 aliphatic rings. The smallest absolute Gasteiger partial charge is 0.181 e. The highest BCUT2D eigenvalue weighted by Gasteiger charge is 2.29. The van der Waals surface area contributed by atoms with Crippen molar-refractivity contribution in [1.82, 2.24) is 4.98 Å². The standard InChI is InChI=1S/C12H13NO/c14-11-3-1-2-10-9(8-4-5-8)6-7-13-12(10)11/h6-8H,1-5H2. The fourth-order valence-corrected chi connectivity index (χ4v) is 2.33. The molecule has 2 heteroatoms. The number of pyridine rings is 1. The van der Waals surface area contributed by atoms with Crippen molar-refractivity contribution >= 4 is 5.78 Å². The Balaban J connectivity index is 2.13. The van der Waals surface area contributed by atoms with E-state index in [1.54, 1.807) is 6.20 Å². The number of Topliss-reactive ketones (excluding diaryl/α,β-unsaturated/α-hetero) is 1. The minimum atomic E-state index is 0.244. The van der Waals surface area contributed by atoms with Crippen LogP contribution in [-0.2, 0) is 6.42 Å². The number of nitrogens with zero attached hydrogens (tertiary/aromatic N) is 1. The van der Waals surface area contributed by atoms with E-state index < -0.39 is 0 Å². The lowest BCUT2D eigenvalue weighted by Crippen LogP contribution is -2.14. The summed E-state index contributed by atoms with van der Waals surface area (Å²) in [5.74, 6) is 0.978. The van der Waals surface area contributed by atoms with E-state index in [0.717, 1.165) is 24.5 Å². The molecule has 0 aliphatic heterocycles. The van der Waals surface area contributed by atoms with Crippen LogP contribution in [0.25, 0.3) is 0 Å². The summed E-state index contributed by atoms with van der Waals surface area (Å²) in [5, 5.41) is 0. The van der Waals surface area contributed by atoms with E-state index in [9.17, 15) is 4.79 Å². The molecule has 1 aromatic rings. The Labute approximate surface area is 83.4 Å². The molecule has 0 aromatic carbocycles. The van der Waals surface area contributed by atoms with Crippen molar-refractivity contribution in [2.45, 2.75) is 38.0 Å². The number of hydrogen-bond acceptors (Lipinski definition) is 2. The number of fused-ring (bicyclic) bond motifs is 1. The zero-order valence-corrected chi connectivity index (χ0v) is 8.12. The average molecular weight is 187 g/mol. The van der Waals surface area contributed by atoms with E-state index in [1.165, 1.54) is 24.0 Å². The van der Waals surface area contributed by atoms with Crippen LogP contribution in [-0.4, -0.2) is 10.8 Å². The number of ketones is 1. The number of aromatic nitrogens is 1. The molecule has 1 fully saturated rings. The minimum Gasteiger partial charge on any atom is -0.292 e. The monoisotopic (exact) mass is 187 g/mol. The normalized spacial score (nSPS) is 20.7. The first-order valence-corrected chi connectivity index (χ1v) is 5.37. The van der Waals surface area contributed by atoms with Gasteiger partial charge in [-0.3, -0.25) is 9.78 Å². The summed E-state index contributed by atoms with van der Waals surface area (Å²) in [6, 6.07) is 2.11. The summed E-state index contributed by atoms with van der Waals surface area (Å²) in [5.41, 5.74) is 3.43. The van der Waals surface area contributed by atoms with Crippen LogP contribution in [0.4, 0.5) is 0 Å². The third-order valence-electron chi connectivity index (χ3n) is 3.20. The lowest BCUT2D eigenvalue weighted by atomic mass is 9.90. The number of carbonyl (C=O) groups is 1. The van der Waals surface area contributed by atoms with Crippen molar-refractivity contribution in [3.05, 3.63) is 29.1 Å². The van der Waals surface area contributed by atoms with E-state index in [1.807, 2.05) is 0 Å². The Morgan fingerprint density at radius 1 is 1.29 bits per heavy atom. The first-order valence-electron chi connectivity index (χ1n) is 5.37. The van der Waals surface area contributed by atoms with Gasteiger partial charge < -0.3 is 0 Å². The fourth-order valence-electron chi connectivity index (χ4n) is 2.33. The van der Waals surface area contributed by atoms with Gasteiger partial charge in [-0.05, 0) is 48.8 Å². The largest absolute Gasteiger partial charge is 0.292 e. The maximum atomic E-state index is 11.6. The van der Waals surface area contributed by atoms with E-state index in [4.69, 9.17) is 0 Å². The van der Waals surface area contributed by atoms with Gasteiger partial charge in [0.05, 0.1) is 0 Å². The molecule has 0 N–H and O–H groups in total. The first-order chi connectivity index (χ1) is 6.86. The van der Waals surface area contributed by atoms with E-state index in [0.29, 0.717) is 6.42 Å². The second kappa shape index (κ2) is 2.91. The van der Waals surface area contributed by atoms with Crippen LogP contribution >= 0.6 is 0 Å². The Kier molecular flexibility index (Phi) is 1.69. The van der Waals surface area contributed by atoms with Gasteiger partial charge >= 0.3 is 0 Å². The third kappa shape index (κ3) is 1.17. The van der Waals surface area contributed by atoms with Gasteiger partial charge in [-0.2, -0.15) is 0 Å². The van der Waals surface area contributed by atoms with Gasteiger partial charge in [0.15, 0.2) is 5.78 Å². The maximum Gasteiger partial charge on any atom is 0.181 e. The molecule has 0 unspecified atom stereocenters. The molecule has 0 saturated heterocycles. The van der Waals surface area contributed by atoms with Gasteiger partial charge in [-0.1, -0.05) is 0 Å². The van der Waals surface area contributed by atoms with Crippen molar-refractivity contribution in [3.8, 4) is 0 Å². The molecule has 72 valence electrons. The van der Waals surface area contributed by atoms with Crippen LogP contribution in [0.2, 0.25) is 0 Å². The highest BCUT2D eigenvalue weighted by atomic mass is 16.1. The van der Waals surface area contributed by atoms with Crippen LogP contribution < -0.4 is 0 Å². The molecule has 14 heavy (non-hydrogen) atoms. The van der Waals surface area contributed by atoms with Crippen LogP contribution in [0, 0.1) is 0 Å². The quantitative estimate of drug-likeness (QED) is 0.676. The fraction of sp³-hybridized carbons (Fsp3) is 0.500. The Morgan fingerprint density at radius 3 is 2.93 bits per heavy atom. The molecule has 0 radical (unpaired) electrons. The Bertz CT molecular complexity index is 393. The minimum absolute atomic E-state index is 0.244. The summed E-state index contributed by atoms with van der Waals surface area (Å²) in [6.45, 7) is 0. The summed E-state index contributed by atoms with van der Waals surface area (Å²) >= 11 is 0. The number of carbonyl (C=O) groups excluding carboxylic acids is 1. The maximum absolute atomic E-state index is 11.6. The second-order valence-corrected chi connectivity index (χ2v) is 4.28. The van der Waals surface area contributed by atoms with Gasteiger partial charge in [0.2, 0.25) is 0 Å². The van der Waals surface area contributed by atoms with Crippen molar-refractivity contribution in [2.24, 2.45) is 0 Å². The van der Waals surface area contributed by atoms with E-state index >= 15 is 0 Å². The highest BCUT2D eigenvalue weighted by Crippen LogP contribution is 2.43. The molecule has 1 aromatic heterocycles. The Morgan fingerprint density at radius 2 is 2.14 bits per heavy atom. The topological polar surface area (TPSA) is 30.0 Å². The van der Waals surface area contributed by atoms with Crippen LogP contribution in [0.15, 0.2) is 12.3 Å². The van der Waals surface area contributed by atoms with Crippen molar-refractivity contribution in [3.63, 3.8) is 0 Å². The predicted molar refractivity (Wildman–Crippen MR) is 53.5 cm³/mol. The molecule has 2 nitrogen and oxygen atoms in total. The lowest BCUT2D eigenvalue weighted by Gasteiger charge is -2.16. The van der Waals surface area contributed by atoms with E-state index in [-0.39, 0.29) is 5.78 Å². The van der Waals surface area contributed by atoms with Gasteiger partial charge in [-0.25, -0.2) is 0 Å². The molecular formula is C12H13NO. The highest BCUT2D eigenvalue weighted by molar-refractivity contribution is 5.96. The molecule has 1 heterocycles. The molecular weight excluding hydrogens is 174 g/mol. The van der Waals surface area contributed by atoms with Gasteiger partial charge in [-0.15, -0.1) is 0 Å². The first kappa shape index (κ1) is 8.16. The molecule has 0 amide bonds. The average Bonchev–Trinajstić information content (AvgIpc) is 3.01. The van der Waals surface area contributed by atoms with Crippen LogP contribution in [0.5, 0.6) is 0 Å². The summed E-state index contributed by atoms with van der Waals surface area (Å²) in [4.78, 5) is 15.8. The SMILES string of the molecule is O=C1CCCc2c(C3CC3)ccnc21. The Hall–Kier alpha value is -1.18.